The topological polar surface area (TPSA) is 97.6 Å². The molecule has 1 aliphatic rings. The van der Waals surface area contributed by atoms with Crippen LogP contribution in [0.2, 0.25) is 0 Å². The number of allylic oxidation sites excluding steroid dienone is 1. The SMILES string of the molecule is CCCOc1ccc(C2C(C(=O)OCCOC)=C(C)N=c3s/c(=C\c4ccc(OC)c(OC)c4)c(=O)n32)cc1. The van der Waals surface area contributed by atoms with Gasteiger partial charge < -0.3 is 23.7 Å². The highest BCUT2D eigenvalue weighted by molar-refractivity contribution is 7.07. The van der Waals surface area contributed by atoms with Crippen LogP contribution in [0.3, 0.4) is 0 Å². The molecule has 9 nitrogen and oxygen atoms in total. The first kappa shape index (κ1) is 28.1. The van der Waals surface area contributed by atoms with E-state index in [1.54, 1.807) is 43.9 Å². The Morgan fingerprint density at radius 3 is 2.44 bits per heavy atom. The number of methoxy groups -OCH3 is 3. The normalized spacial score (nSPS) is 15.0. The van der Waals surface area contributed by atoms with Crippen LogP contribution in [0.1, 0.15) is 37.4 Å². The number of ether oxygens (including phenoxy) is 5. The summed E-state index contributed by atoms with van der Waals surface area (Å²) in [6, 6.07) is 12.1. The second kappa shape index (κ2) is 12.8. The molecule has 1 atom stereocenters. The number of fused-ring (bicyclic) bond motifs is 1. The molecule has 39 heavy (non-hydrogen) atoms. The van der Waals surface area contributed by atoms with Gasteiger partial charge in [0.2, 0.25) is 0 Å². The highest BCUT2D eigenvalue weighted by Gasteiger charge is 2.33. The fourth-order valence-electron chi connectivity index (χ4n) is 4.25. The third-order valence-corrected chi connectivity index (χ3v) is 7.12. The van der Waals surface area contributed by atoms with Gasteiger partial charge in [-0.15, -0.1) is 0 Å². The van der Waals surface area contributed by atoms with E-state index in [-0.39, 0.29) is 18.8 Å². The zero-order valence-electron chi connectivity index (χ0n) is 22.7. The van der Waals surface area contributed by atoms with E-state index < -0.39 is 12.0 Å². The van der Waals surface area contributed by atoms with Gasteiger partial charge >= 0.3 is 5.97 Å². The second-order valence-corrected chi connectivity index (χ2v) is 9.75. The quantitative estimate of drug-likeness (QED) is 0.266. The minimum atomic E-state index is -0.718. The lowest BCUT2D eigenvalue weighted by molar-refractivity contribution is -0.140. The van der Waals surface area contributed by atoms with E-state index >= 15 is 0 Å². The number of aromatic nitrogens is 1. The Kier molecular flexibility index (Phi) is 9.21. The van der Waals surface area contributed by atoms with Crippen molar-refractivity contribution in [3.8, 4) is 17.2 Å². The molecular weight excluding hydrogens is 520 g/mol. The number of nitrogens with zero attached hydrogens (tertiary/aromatic N) is 2. The first-order chi connectivity index (χ1) is 18.9. The van der Waals surface area contributed by atoms with Crippen molar-refractivity contribution in [1.82, 2.24) is 4.57 Å². The minimum absolute atomic E-state index is 0.0896. The van der Waals surface area contributed by atoms with Gasteiger partial charge in [0.15, 0.2) is 16.3 Å². The van der Waals surface area contributed by atoms with Gasteiger partial charge in [0.1, 0.15) is 12.4 Å². The second-order valence-electron chi connectivity index (χ2n) is 8.74. The van der Waals surface area contributed by atoms with Gasteiger partial charge in [-0.2, -0.15) is 0 Å². The largest absolute Gasteiger partial charge is 0.494 e. The number of rotatable bonds is 11. The molecule has 2 aromatic carbocycles. The Bertz CT molecular complexity index is 1540. The summed E-state index contributed by atoms with van der Waals surface area (Å²) in [4.78, 5) is 32.2. The number of benzene rings is 2. The minimum Gasteiger partial charge on any atom is -0.494 e. The van der Waals surface area contributed by atoms with E-state index in [0.29, 0.717) is 44.5 Å². The van der Waals surface area contributed by atoms with E-state index in [9.17, 15) is 9.59 Å². The summed E-state index contributed by atoms with van der Waals surface area (Å²) < 4.78 is 29.0. The monoisotopic (exact) mass is 552 g/mol. The molecule has 1 aliphatic heterocycles. The molecule has 0 saturated carbocycles. The lowest BCUT2D eigenvalue weighted by Gasteiger charge is -2.25. The lowest BCUT2D eigenvalue weighted by Crippen LogP contribution is -2.40. The summed E-state index contributed by atoms with van der Waals surface area (Å²) in [5.74, 6) is 1.32. The Morgan fingerprint density at radius 1 is 1.03 bits per heavy atom. The molecule has 0 spiro atoms. The van der Waals surface area contributed by atoms with Crippen molar-refractivity contribution >= 4 is 23.4 Å². The van der Waals surface area contributed by atoms with Crippen molar-refractivity contribution in [2.75, 3.05) is 41.2 Å². The van der Waals surface area contributed by atoms with Gasteiger partial charge in [-0.3, -0.25) is 9.36 Å². The van der Waals surface area contributed by atoms with Crippen LogP contribution in [-0.4, -0.2) is 51.7 Å². The van der Waals surface area contributed by atoms with E-state index in [1.165, 1.54) is 18.4 Å². The molecule has 0 aliphatic carbocycles. The van der Waals surface area contributed by atoms with Crippen LogP contribution in [0.15, 0.2) is 63.5 Å². The summed E-state index contributed by atoms with van der Waals surface area (Å²) in [6.07, 6.45) is 2.67. The van der Waals surface area contributed by atoms with Gasteiger partial charge in [-0.1, -0.05) is 36.5 Å². The zero-order chi connectivity index (χ0) is 27.9. The fraction of sp³-hybridized carbons (Fsp3) is 0.345. The number of thiazole rings is 1. The number of hydrogen-bond donors (Lipinski definition) is 0. The highest BCUT2D eigenvalue weighted by atomic mass is 32.1. The Hall–Kier alpha value is -3.89. The first-order valence-electron chi connectivity index (χ1n) is 12.5. The zero-order valence-corrected chi connectivity index (χ0v) is 23.5. The standard InChI is InChI=1S/C29H32N2O7S/c1-6-13-37-21-10-8-20(9-11-21)26-25(28(33)38-15-14-34-3)18(2)30-29-31(26)27(32)24(39-29)17-19-7-12-22(35-4)23(16-19)36-5/h7-12,16-17,26H,6,13-15H2,1-5H3/b24-17-. The summed E-state index contributed by atoms with van der Waals surface area (Å²) in [5.41, 5.74) is 2.04. The molecule has 3 aromatic rings. The van der Waals surface area contributed by atoms with Gasteiger partial charge in [0.25, 0.3) is 5.56 Å². The predicted octanol–water partition coefficient (Wildman–Crippen LogP) is 3.23. The molecule has 2 heterocycles. The summed E-state index contributed by atoms with van der Waals surface area (Å²) >= 11 is 1.26. The van der Waals surface area contributed by atoms with E-state index in [1.807, 2.05) is 37.3 Å². The third kappa shape index (κ3) is 6.07. The molecule has 1 unspecified atom stereocenters. The predicted molar refractivity (Wildman–Crippen MR) is 148 cm³/mol. The Labute approximate surface area is 230 Å². The molecule has 4 rings (SSSR count). The van der Waals surface area contributed by atoms with Crippen LogP contribution < -0.4 is 29.1 Å². The van der Waals surface area contributed by atoms with Crippen molar-refractivity contribution in [2.24, 2.45) is 4.99 Å². The number of carbonyl (C=O) groups excluding carboxylic acids is 1. The Balaban J connectivity index is 1.84. The van der Waals surface area contributed by atoms with Crippen molar-refractivity contribution < 1.29 is 28.5 Å². The lowest BCUT2D eigenvalue weighted by atomic mass is 9.96. The van der Waals surface area contributed by atoms with Gasteiger partial charge in [-0.25, -0.2) is 9.79 Å². The van der Waals surface area contributed by atoms with Crippen LogP contribution in [0.4, 0.5) is 0 Å². The first-order valence-corrected chi connectivity index (χ1v) is 13.4. The van der Waals surface area contributed by atoms with Gasteiger partial charge in [-0.05, 0) is 54.8 Å². The molecule has 1 aromatic heterocycles. The van der Waals surface area contributed by atoms with Crippen LogP contribution in [0.25, 0.3) is 6.08 Å². The van der Waals surface area contributed by atoms with Crippen molar-refractivity contribution in [2.45, 2.75) is 26.3 Å². The summed E-state index contributed by atoms with van der Waals surface area (Å²) in [6.45, 7) is 4.74. The average molecular weight is 553 g/mol. The molecule has 0 bridgehead atoms. The number of carbonyl (C=O) groups is 1. The highest BCUT2D eigenvalue weighted by Crippen LogP contribution is 2.32. The maximum atomic E-state index is 13.8. The van der Waals surface area contributed by atoms with Crippen LogP contribution in [0.5, 0.6) is 17.2 Å². The van der Waals surface area contributed by atoms with E-state index in [2.05, 4.69) is 4.99 Å². The average Bonchev–Trinajstić information content (AvgIpc) is 3.25. The molecule has 206 valence electrons. The maximum absolute atomic E-state index is 13.8. The third-order valence-electron chi connectivity index (χ3n) is 6.14. The smallest absolute Gasteiger partial charge is 0.338 e. The molecule has 0 radical (unpaired) electrons. The molecule has 10 heteroatoms. The molecule has 0 saturated heterocycles. The van der Waals surface area contributed by atoms with Crippen LogP contribution >= 0.6 is 11.3 Å². The molecule has 0 amide bonds. The van der Waals surface area contributed by atoms with Crippen molar-refractivity contribution in [3.05, 3.63) is 84.5 Å². The fourth-order valence-corrected chi connectivity index (χ4v) is 5.30. The Morgan fingerprint density at radius 2 is 1.77 bits per heavy atom. The maximum Gasteiger partial charge on any atom is 0.338 e. The van der Waals surface area contributed by atoms with E-state index in [0.717, 1.165) is 17.5 Å². The molecule has 0 fully saturated rings. The van der Waals surface area contributed by atoms with Gasteiger partial charge in [0, 0.05) is 7.11 Å². The van der Waals surface area contributed by atoms with Crippen molar-refractivity contribution in [1.29, 1.82) is 0 Å². The number of esters is 1. The van der Waals surface area contributed by atoms with Crippen LogP contribution in [0, 0.1) is 0 Å². The molecule has 0 N–H and O–H groups in total. The summed E-state index contributed by atoms with van der Waals surface area (Å²) in [7, 11) is 4.66. The number of hydrogen-bond acceptors (Lipinski definition) is 9. The van der Waals surface area contributed by atoms with Crippen LogP contribution in [-0.2, 0) is 14.3 Å². The molecular formula is C29H32N2O7S. The van der Waals surface area contributed by atoms with Crippen molar-refractivity contribution in [3.63, 3.8) is 0 Å². The summed E-state index contributed by atoms with van der Waals surface area (Å²) in [5, 5.41) is 0. The van der Waals surface area contributed by atoms with Gasteiger partial charge in [0.05, 0.1) is 49.3 Å². The van der Waals surface area contributed by atoms with E-state index in [4.69, 9.17) is 23.7 Å².